The normalized spacial score (nSPS) is 11.3. The number of benzene rings is 3. The molecule has 2 radical (unpaired) electrons. The second-order valence-electron chi connectivity index (χ2n) is 10.4. The predicted octanol–water partition coefficient (Wildman–Crippen LogP) is 10.0. The fourth-order valence-electron chi connectivity index (χ4n) is 5.46. The van der Waals surface area contributed by atoms with Gasteiger partial charge in [-0.15, -0.1) is 0 Å². The molecular formula is C35H46O. The lowest BCUT2D eigenvalue weighted by atomic mass is 9.80. The van der Waals surface area contributed by atoms with Crippen molar-refractivity contribution in [3.05, 3.63) is 82.4 Å². The number of unbranched alkanes of at least 4 members (excludes halogenated alkanes) is 4. The molecule has 1 heteroatoms. The Bertz CT molecular complexity index is 1120. The van der Waals surface area contributed by atoms with E-state index in [1.54, 1.807) is 0 Å². The van der Waals surface area contributed by atoms with E-state index in [0.29, 0.717) is 12.2 Å². The van der Waals surface area contributed by atoms with E-state index in [4.69, 9.17) is 0 Å². The number of aromatic hydroxyl groups is 1. The van der Waals surface area contributed by atoms with Gasteiger partial charge in [0.25, 0.3) is 0 Å². The fraction of sp³-hybridized carbons (Fsp3) is 0.486. The van der Waals surface area contributed by atoms with Crippen LogP contribution in [0.5, 0.6) is 5.75 Å². The van der Waals surface area contributed by atoms with Gasteiger partial charge in [-0.1, -0.05) is 95.8 Å². The molecule has 0 aliphatic carbocycles. The highest BCUT2D eigenvalue weighted by molar-refractivity contribution is 6.02. The van der Waals surface area contributed by atoms with Gasteiger partial charge >= 0.3 is 0 Å². The number of fused-ring (bicyclic) bond motifs is 1. The van der Waals surface area contributed by atoms with Crippen LogP contribution in [0.3, 0.4) is 0 Å². The lowest BCUT2D eigenvalue weighted by Gasteiger charge is -2.24. The number of aryl methyl sites for hydroxylation is 2. The molecule has 0 aliphatic rings. The van der Waals surface area contributed by atoms with Crippen molar-refractivity contribution in [2.75, 3.05) is 0 Å². The van der Waals surface area contributed by atoms with Gasteiger partial charge in [0, 0.05) is 17.4 Å². The summed E-state index contributed by atoms with van der Waals surface area (Å²) in [5.41, 5.74) is 8.01. The average molecular weight is 483 g/mol. The Kier molecular flexibility index (Phi) is 11.1. The van der Waals surface area contributed by atoms with Crippen molar-refractivity contribution in [1.29, 1.82) is 0 Å². The highest BCUT2D eigenvalue weighted by Crippen LogP contribution is 2.44. The molecule has 0 heterocycles. The summed E-state index contributed by atoms with van der Waals surface area (Å²) in [4.78, 5) is 0. The minimum atomic E-state index is 0.469. The summed E-state index contributed by atoms with van der Waals surface area (Å²) in [5.74, 6) is 0.469. The molecular weight excluding hydrogens is 436 g/mol. The summed E-state index contributed by atoms with van der Waals surface area (Å²) in [5, 5.41) is 14.2. The van der Waals surface area contributed by atoms with Crippen molar-refractivity contribution in [3.8, 4) is 5.75 Å². The maximum absolute atomic E-state index is 12.0. The summed E-state index contributed by atoms with van der Waals surface area (Å²) in [6.07, 6.45) is 13.3. The van der Waals surface area contributed by atoms with Gasteiger partial charge in [-0.2, -0.15) is 0 Å². The van der Waals surface area contributed by atoms with Crippen LogP contribution < -0.4 is 0 Å². The van der Waals surface area contributed by atoms with Crippen molar-refractivity contribution in [2.24, 2.45) is 0 Å². The monoisotopic (exact) mass is 482 g/mol. The average Bonchev–Trinajstić information content (AvgIpc) is 2.90. The first-order valence-electron chi connectivity index (χ1n) is 14.5. The van der Waals surface area contributed by atoms with Crippen LogP contribution in [0, 0.1) is 6.58 Å². The van der Waals surface area contributed by atoms with E-state index >= 15 is 0 Å². The van der Waals surface area contributed by atoms with Crippen LogP contribution in [0.4, 0.5) is 0 Å². The molecule has 36 heavy (non-hydrogen) atoms. The minimum Gasteiger partial charge on any atom is -0.507 e. The van der Waals surface area contributed by atoms with Crippen LogP contribution in [0.2, 0.25) is 0 Å². The number of hydrogen-bond donors (Lipinski definition) is 1. The zero-order valence-corrected chi connectivity index (χ0v) is 23.2. The van der Waals surface area contributed by atoms with Crippen molar-refractivity contribution in [3.63, 3.8) is 0 Å². The molecule has 0 aliphatic heterocycles. The van der Waals surface area contributed by atoms with Crippen molar-refractivity contribution < 1.29 is 5.11 Å². The molecule has 0 amide bonds. The molecule has 0 unspecified atom stereocenters. The van der Waals surface area contributed by atoms with E-state index in [0.717, 1.165) is 98.1 Å². The number of phenols is 1. The smallest absolute Gasteiger partial charge is 0.127 e. The molecule has 0 aromatic heterocycles. The molecule has 3 rings (SSSR count). The van der Waals surface area contributed by atoms with E-state index in [9.17, 15) is 11.7 Å². The molecule has 0 spiro atoms. The molecule has 0 fully saturated rings. The van der Waals surface area contributed by atoms with Crippen LogP contribution >= 0.6 is 0 Å². The summed E-state index contributed by atoms with van der Waals surface area (Å²) >= 11 is 0. The second kappa shape index (κ2) is 14.3. The third-order valence-corrected chi connectivity index (χ3v) is 7.53. The third kappa shape index (κ3) is 6.61. The zero-order valence-electron chi connectivity index (χ0n) is 23.2. The van der Waals surface area contributed by atoms with E-state index in [2.05, 4.69) is 70.2 Å². The van der Waals surface area contributed by atoms with Crippen molar-refractivity contribution >= 4 is 16.3 Å². The second-order valence-corrected chi connectivity index (χ2v) is 10.4. The topological polar surface area (TPSA) is 20.2 Å². The highest BCUT2D eigenvalue weighted by Gasteiger charge is 2.23. The third-order valence-electron chi connectivity index (χ3n) is 7.53. The van der Waals surface area contributed by atoms with Gasteiger partial charge in [0.2, 0.25) is 0 Å². The molecule has 0 saturated heterocycles. The minimum absolute atomic E-state index is 0.469. The Balaban J connectivity index is 2.38. The fourth-order valence-corrected chi connectivity index (χ4v) is 5.46. The number of allylic oxidation sites excluding steroid dienone is 1. The summed E-state index contributed by atoms with van der Waals surface area (Å²) in [7, 11) is 0. The largest absolute Gasteiger partial charge is 0.507 e. The SMILES string of the molecule is [C]=C(CCCC)c1c(CCCC)c(Cc2ccccc2)c(O)c2c(CCCC)c(CCCC)ccc12. The molecule has 3 aromatic carbocycles. The van der Waals surface area contributed by atoms with Gasteiger partial charge in [-0.3, -0.25) is 0 Å². The molecule has 1 N–H and O–H groups in total. The van der Waals surface area contributed by atoms with Crippen LogP contribution in [0.25, 0.3) is 16.3 Å². The Labute approximate surface area is 220 Å². The van der Waals surface area contributed by atoms with Gasteiger partial charge in [0.05, 0.1) is 0 Å². The summed E-state index contributed by atoms with van der Waals surface area (Å²) < 4.78 is 0. The molecule has 3 aromatic rings. The Morgan fingerprint density at radius 2 is 1.31 bits per heavy atom. The van der Waals surface area contributed by atoms with Gasteiger partial charge < -0.3 is 5.11 Å². The molecule has 0 bridgehead atoms. The van der Waals surface area contributed by atoms with Gasteiger partial charge in [-0.05, 0) is 96.7 Å². The Hall–Kier alpha value is -2.54. The molecule has 0 atom stereocenters. The number of rotatable bonds is 15. The Morgan fingerprint density at radius 3 is 1.94 bits per heavy atom. The van der Waals surface area contributed by atoms with Crippen LogP contribution in [-0.2, 0) is 25.7 Å². The maximum atomic E-state index is 12.0. The van der Waals surface area contributed by atoms with Gasteiger partial charge in [0.15, 0.2) is 0 Å². The van der Waals surface area contributed by atoms with Crippen LogP contribution in [-0.4, -0.2) is 5.11 Å². The summed E-state index contributed by atoms with van der Waals surface area (Å²) in [6.45, 7) is 18.1. The number of phenolic OH excluding ortho intramolecular Hbond substituents is 1. The lowest BCUT2D eigenvalue weighted by Crippen LogP contribution is -2.07. The molecule has 1 nitrogen and oxygen atoms in total. The Morgan fingerprint density at radius 1 is 0.694 bits per heavy atom. The molecule has 192 valence electrons. The quantitative estimate of drug-likeness (QED) is 0.228. The number of hydrogen-bond acceptors (Lipinski definition) is 1. The molecule has 0 saturated carbocycles. The van der Waals surface area contributed by atoms with Gasteiger partial charge in [-0.25, -0.2) is 0 Å². The van der Waals surface area contributed by atoms with Gasteiger partial charge in [0.1, 0.15) is 5.75 Å². The zero-order chi connectivity index (χ0) is 25.9. The van der Waals surface area contributed by atoms with E-state index in [1.165, 1.54) is 28.7 Å². The highest BCUT2D eigenvalue weighted by atomic mass is 16.3. The summed E-state index contributed by atoms with van der Waals surface area (Å²) in [6, 6.07) is 15.1. The van der Waals surface area contributed by atoms with E-state index in [1.807, 2.05) is 0 Å². The first-order chi connectivity index (χ1) is 17.6. The van der Waals surface area contributed by atoms with Crippen molar-refractivity contribution in [1.82, 2.24) is 0 Å². The standard InChI is InChI=1S/C35H46O/c1-6-10-17-26(5)33-30(22-13-9-4)32(25-27-18-15-14-16-19-27)35(36)34-29(21-12-8-3)28(20-11-7-2)23-24-31(33)34/h14-16,18-19,23-24,36H,6-13,17,20-22,25H2,1-4H3. The van der Waals surface area contributed by atoms with E-state index < -0.39 is 0 Å². The van der Waals surface area contributed by atoms with Crippen LogP contribution in [0.15, 0.2) is 42.5 Å². The predicted molar refractivity (Wildman–Crippen MR) is 157 cm³/mol. The first-order valence-corrected chi connectivity index (χ1v) is 14.5. The maximum Gasteiger partial charge on any atom is 0.127 e. The van der Waals surface area contributed by atoms with E-state index in [-0.39, 0.29) is 0 Å². The lowest BCUT2D eigenvalue weighted by molar-refractivity contribution is 0.474. The van der Waals surface area contributed by atoms with Crippen LogP contribution in [0.1, 0.15) is 119 Å². The van der Waals surface area contributed by atoms with Crippen molar-refractivity contribution in [2.45, 2.75) is 111 Å². The first kappa shape index (κ1) is 28.0.